The summed E-state index contributed by atoms with van der Waals surface area (Å²) >= 11 is 0. The Labute approximate surface area is 199 Å². The van der Waals surface area contributed by atoms with Crippen LogP contribution >= 0.6 is 0 Å². The summed E-state index contributed by atoms with van der Waals surface area (Å²) in [7, 11) is 1.58. The fourth-order valence-electron chi connectivity index (χ4n) is 3.92. The van der Waals surface area contributed by atoms with Crippen LogP contribution in [0, 0.1) is 13.8 Å². The number of methoxy groups -OCH3 is 1. The van der Waals surface area contributed by atoms with Crippen molar-refractivity contribution >= 4 is 16.9 Å². The Bertz CT molecular complexity index is 1420. The van der Waals surface area contributed by atoms with Gasteiger partial charge in [-0.05, 0) is 78.4 Å². The summed E-state index contributed by atoms with van der Waals surface area (Å²) in [6, 6.07) is 18.0. The minimum Gasteiger partial charge on any atom is -0.497 e. The summed E-state index contributed by atoms with van der Waals surface area (Å²) in [4.78, 5) is 26.6. The molecular weight excluding hydrogens is 428 g/mol. The monoisotopic (exact) mass is 456 g/mol. The molecule has 1 heterocycles. The Morgan fingerprint density at radius 2 is 1.56 bits per heavy atom. The number of hydrogen-bond acceptors (Lipinski definition) is 5. The van der Waals surface area contributed by atoms with Crippen molar-refractivity contribution in [3.63, 3.8) is 0 Å². The number of carbonyl (C=O) groups is 1. The standard InChI is InChI=1S/C29H28O5/c1-17-15-18(2)25-23(16-17)24(30)27(26(33-25)19-9-13-22(32-6)14-10-19)34-28(31)20-7-11-21(12-8-20)29(3,4)5/h7-16H,1-6H3. The van der Waals surface area contributed by atoms with Gasteiger partial charge in [0.15, 0.2) is 5.76 Å². The van der Waals surface area contributed by atoms with E-state index in [1.165, 1.54) is 0 Å². The van der Waals surface area contributed by atoms with E-state index in [0.29, 0.717) is 27.8 Å². The number of aryl methyl sites for hydroxylation is 2. The third-order valence-corrected chi connectivity index (χ3v) is 5.81. The van der Waals surface area contributed by atoms with Gasteiger partial charge < -0.3 is 13.9 Å². The number of carbonyl (C=O) groups excluding carboxylic acids is 1. The average molecular weight is 457 g/mol. The Morgan fingerprint density at radius 1 is 0.912 bits per heavy atom. The summed E-state index contributed by atoms with van der Waals surface area (Å²) < 4.78 is 17.2. The summed E-state index contributed by atoms with van der Waals surface area (Å²) in [5.41, 5.74) is 3.84. The second-order valence-electron chi connectivity index (χ2n) is 9.49. The van der Waals surface area contributed by atoms with Gasteiger partial charge in [-0.3, -0.25) is 4.79 Å². The molecule has 34 heavy (non-hydrogen) atoms. The van der Waals surface area contributed by atoms with Crippen LogP contribution in [0.2, 0.25) is 0 Å². The van der Waals surface area contributed by atoms with E-state index in [1.807, 2.05) is 32.0 Å². The number of fused-ring (bicyclic) bond motifs is 1. The molecule has 0 saturated carbocycles. The first kappa shape index (κ1) is 23.3. The van der Waals surface area contributed by atoms with Crippen LogP contribution in [-0.4, -0.2) is 13.1 Å². The molecule has 0 atom stereocenters. The lowest BCUT2D eigenvalue weighted by Crippen LogP contribution is -2.17. The van der Waals surface area contributed by atoms with Crippen LogP contribution in [0.3, 0.4) is 0 Å². The minimum absolute atomic E-state index is 0.0426. The third-order valence-electron chi connectivity index (χ3n) is 5.81. The second kappa shape index (κ2) is 8.82. The number of esters is 1. The molecule has 0 spiro atoms. The van der Waals surface area contributed by atoms with Gasteiger partial charge in [-0.25, -0.2) is 4.79 Å². The smallest absolute Gasteiger partial charge is 0.343 e. The molecular formula is C29H28O5. The third kappa shape index (κ3) is 4.46. The van der Waals surface area contributed by atoms with Gasteiger partial charge in [0.05, 0.1) is 18.1 Å². The molecule has 0 N–H and O–H groups in total. The van der Waals surface area contributed by atoms with Crippen LogP contribution in [0.5, 0.6) is 11.5 Å². The van der Waals surface area contributed by atoms with Crippen molar-refractivity contribution < 1.29 is 18.7 Å². The average Bonchev–Trinajstić information content (AvgIpc) is 2.80. The van der Waals surface area contributed by atoms with Gasteiger partial charge in [0.25, 0.3) is 0 Å². The van der Waals surface area contributed by atoms with Crippen LogP contribution in [0.1, 0.15) is 47.8 Å². The lowest BCUT2D eigenvalue weighted by molar-refractivity contribution is 0.0731. The molecule has 4 rings (SSSR count). The van der Waals surface area contributed by atoms with Crippen LogP contribution in [-0.2, 0) is 5.41 Å². The zero-order valence-corrected chi connectivity index (χ0v) is 20.3. The topological polar surface area (TPSA) is 65.7 Å². The predicted molar refractivity (Wildman–Crippen MR) is 134 cm³/mol. The van der Waals surface area contributed by atoms with E-state index in [1.54, 1.807) is 49.6 Å². The fraction of sp³-hybridized carbons (Fsp3) is 0.241. The number of hydrogen-bond donors (Lipinski definition) is 0. The number of rotatable bonds is 4. The number of benzene rings is 3. The van der Waals surface area contributed by atoms with Crippen LogP contribution in [0.25, 0.3) is 22.3 Å². The van der Waals surface area contributed by atoms with Crippen molar-refractivity contribution in [1.82, 2.24) is 0 Å². The number of ether oxygens (including phenoxy) is 2. The van der Waals surface area contributed by atoms with Gasteiger partial charge in [-0.1, -0.05) is 39.0 Å². The molecule has 5 nitrogen and oxygen atoms in total. The summed E-state index contributed by atoms with van der Waals surface area (Å²) in [6.07, 6.45) is 0. The molecule has 1 aromatic heterocycles. The fourth-order valence-corrected chi connectivity index (χ4v) is 3.92. The summed E-state index contributed by atoms with van der Waals surface area (Å²) in [5.74, 6) is 0.113. The Hall–Kier alpha value is -3.86. The highest BCUT2D eigenvalue weighted by Crippen LogP contribution is 2.34. The highest BCUT2D eigenvalue weighted by Gasteiger charge is 2.23. The Balaban J connectivity index is 1.85. The minimum atomic E-state index is -0.619. The molecule has 174 valence electrons. The maximum absolute atomic E-state index is 13.5. The molecule has 0 aliphatic heterocycles. The molecule has 0 aliphatic rings. The van der Waals surface area contributed by atoms with Crippen molar-refractivity contribution in [3.8, 4) is 22.8 Å². The van der Waals surface area contributed by atoms with E-state index in [2.05, 4.69) is 20.8 Å². The molecule has 0 amide bonds. The van der Waals surface area contributed by atoms with Crippen molar-refractivity contribution in [2.24, 2.45) is 0 Å². The molecule has 0 fully saturated rings. The van der Waals surface area contributed by atoms with Gasteiger partial charge in [0, 0.05) is 5.56 Å². The van der Waals surface area contributed by atoms with Crippen molar-refractivity contribution in [2.45, 2.75) is 40.0 Å². The highest BCUT2D eigenvalue weighted by atomic mass is 16.5. The van der Waals surface area contributed by atoms with E-state index in [-0.39, 0.29) is 16.9 Å². The van der Waals surface area contributed by atoms with Crippen molar-refractivity contribution in [2.75, 3.05) is 7.11 Å². The first-order chi connectivity index (χ1) is 16.1. The van der Waals surface area contributed by atoms with Gasteiger partial charge >= 0.3 is 5.97 Å². The van der Waals surface area contributed by atoms with Crippen LogP contribution < -0.4 is 14.9 Å². The van der Waals surface area contributed by atoms with Crippen molar-refractivity contribution in [3.05, 3.63) is 93.1 Å². The largest absolute Gasteiger partial charge is 0.497 e. The predicted octanol–water partition coefficient (Wildman–Crippen LogP) is 6.60. The first-order valence-corrected chi connectivity index (χ1v) is 11.1. The van der Waals surface area contributed by atoms with E-state index < -0.39 is 11.4 Å². The molecule has 5 heteroatoms. The van der Waals surface area contributed by atoms with E-state index >= 15 is 0 Å². The SMILES string of the molecule is COc1ccc(-c2oc3c(C)cc(C)cc3c(=O)c2OC(=O)c2ccc(C(C)(C)C)cc2)cc1. The summed E-state index contributed by atoms with van der Waals surface area (Å²) in [6.45, 7) is 10.1. The van der Waals surface area contributed by atoms with E-state index in [4.69, 9.17) is 13.9 Å². The Morgan fingerprint density at radius 3 is 2.15 bits per heavy atom. The maximum Gasteiger partial charge on any atom is 0.343 e. The summed E-state index contributed by atoms with van der Waals surface area (Å²) in [5, 5.41) is 0.376. The normalized spacial score (nSPS) is 11.5. The van der Waals surface area contributed by atoms with Crippen LogP contribution in [0.15, 0.2) is 69.9 Å². The molecule has 4 aromatic rings. The van der Waals surface area contributed by atoms with Crippen LogP contribution in [0.4, 0.5) is 0 Å². The second-order valence-corrected chi connectivity index (χ2v) is 9.49. The molecule has 0 radical (unpaired) electrons. The lowest BCUT2D eigenvalue weighted by atomic mass is 9.87. The zero-order chi connectivity index (χ0) is 24.6. The lowest BCUT2D eigenvalue weighted by Gasteiger charge is -2.19. The van der Waals surface area contributed by atoms with E-state index in [0.717, 1.165) is 16.7 Å². The first-order valence-electron chi connectivity index (χ1n) is 11.1. The van der Waals surface area contributed by atoms with Gasteiger partial charge in [-0.2, -0.15) is 0 Å². The van der Waals surface area contributed by atoms with Gasteiger partial charge in [0.2, 0.25) is 11.2 Å². The molecule has 0 aliphatic carbocycles. The van der Waals surface area contributed by atoms with E-state index in [9.17, 15) is 9.59 Å². The molecule has 0 unspecified atom stereocenters. The van der Waals surface area contributed by atoms with Crippen molar-refractivity contribution in [1.29, 1.82) is 0 Å². The molecule has 3 aromatic carbocycles. The van der Waals surface area contributed by atoms with Gasteiger partial charge in [-0.15, -0.1) is 0 Å². The Kier molecular flexibility index (Phi) is 6.05. The highest BCUT2D eigenvalue weighted by molar-refractivity contribution is 5.93. The maximum atomic E-state index is 13.5. The molecule has 0 saturated heterocycles. The molecule has 0 bridgehead atoms. The quantitative estimate of drug-likeness (QED) is 0.324. The zero-order valence-electron chi connectivity index (χ0n) is 20.3. The van der Waals surface area contributed by atoms with Gasteiger partial charge in [0.1, 0.15) is 11.3 Å².